The monoisotopic (exact) mass is 440 g/mol. The Balaban J connectivity index is 1.55. The Kier molecular flexibility index (Phi) is 4.91. The van der Waals surface area contributed by atoms with Gasteiger partial charge in [0.1, 0.15) is 17.6 Å². The topological polar surface area (TPSA) is 106 Å². The molecule has 0 bridgehead atoms. The summed E-state index contributed by atoms with van der Waals surface area (Å²) in [6, 6.07) is 13.8. The van der Waals surface area contributed by atoms with E-state index in [-0.39, 0.29) is 28.5 Å². The number of ether oxygens (including phenoxy) is 1. The summed E-state index contributed by atoms with van der Waals surface area (Å²) in [5, 5.41) is 17.1. The van der Waals surface area contributed by atoms with Crippen LogP contribution in [0.3, 0.4) is 0 Å². The van der Waals surface area contributed by atoms with Crippen LogP contribution in [-0.4, -0.2) is 36.2 Å². The highest BCUT2D eigenvalue weighted by Gasteiger charge is 2.18. The average molecular weight is 440 g/mol. The van der Waals surface area contributed by atoms with Crippen molar-refractivity contribution in [2.45, 2.75) is 6.92 Å². The van der Waals surface area contributed by atoms with Gasteiger partial charge in [0, 0.05) is 23.5 Å². The Hall–Kier alpha value is -4.78. The molecule has 0 saturated carbocycles. The van der Waals surface area contributed by atoms with Gasteiger partial charge in [-0.1, -0.05) is 12.1 Å². The van der Waals surface area contributed by atoms with Crippen molar-refractivity contribution in [1.29, 1.82) is 5.26 Å². The minimum atomic E-state index is -0.471. The molecule has 33 heavy (non-hydrogen) atoms. The molecule has 0 aliphatic heterocycles. The van der Waals surface area contributed by atoms with Gasteiger partial charge in [0.05, 0.1) is 42.3 Å². The van der Waals surface area contributed by atoms with Crippen molar-refractivity contribution in [3.63, 3.8) is 0 Å². The summed E-state index contributed by atoms with van der Waals surface area (Å²) < 4.78 is 23.3. The van der Waals surface area contributed by atoms with E-state index in [9.17, 15) is 9.65 Å². The summed E-state index contributed by atoms with van der Waals surface area (Å²) in [5.41, 5.74) is 3.10. The predicted molar refractivity (Wildman–Crippen MR) is 119 cm³/mol. The number of nitriles is 1. The molecule has 0 amide bonds. The number of halogens is 1. The summed E-state index contributed by atoms with van der Waals surface area (Å²) in [6.07, 6.45) is 4.98. The summed E-state index contributed by atoms with van der Waals surface area (Å²) in [4.78, 5) is 12.8. The van der Waals surface area contributed by atoms with Gasteiger partial charge in [0.15, 0.2) is 0 Å². The van der Waals surface area contributed by atoms with Crippen LogP contribution in [0.2, 0.25) is 0 Å². The normalized spacial score (nSPS) is 10.8. The van der Waals surface area contributed by atoms with E-state index in [2.05, 4.69) is 25.4 Å². The largest absolute Gasteiger partial charge is 0.494 e. The third-order valence-electron chi connectivity index (χ3n) is 5.04. The van der Waals surface area contributed by atoms with Gasteiger partial charge in [-0.15, -0.1) is 5.10 Å². The van der Waals surface area contributed by atoms with Gasteiger partial charge in [-0.05, 0) is 31.2 Å². The summed E-state index contributed by atoms with van der Waals surface area (Å²) in [5.74, 6) is 0.621. The van der Waals surface area contributed by atoms with Crippen LogP contribution in [0.25, 0.3) is 22.7 Å². The molecule has 2 aromatic carbocycles. The molecule has 0 unspecified atom stereocenters. The van der Waals surface area contributed by atoms with E-state index in [4.69, 9.17) is 4.74 Å². The number of imidazole rings is 1. The van der Waals surface area contributed by atoms with Crippen LogP contribution >= 0.6 is 0 Å². The second kappa shape index (κ2) is 8.05. The molecule has 3 heterocycles. The Labute approximate surface area is 187 Å². The molecule has 0 aliphatic rings. The van der Waals surface area contributed by atoms with E-state index >= 15 is 0 Å². The standard InChI is InChI=1S/C23H17FN8O/c1-14-12-31(13-27-14)19-8-7-16(9-20(19)33-2)28-22-29-23-26-11-15(10-25)21(32(23)30-22)17-5-3-4-6-18(17)24/h3-9,11-13H,1-2H3,(H,28,30). The Morgan fingerprint density at radius 3 is 2.73 bits per heavy atom. The van der Waals surface area contributed by atoms with Gasteiger partial charge in [0.25, 0.3) is 5.78 Å². The maximum absolute atomic E-state index is 14.5. The maximum atomic E-state index is 14.5. The number of nitrogens with zero attached hydrogens (tertiary/aromatic N) is 7. The van der Waals surface area contributed by atoms with Crippen LogP contribution in [0.5, 0.6) is 5.75 Å². The number of rotatable bonds is 5. The van der Waals surface area contributed by atoms with Gasteiger partial charge in [-0.3, -0.25) is 0 Å². The number of methoxy groups -OCH3 is 1. The molecule has 0 atom stereocenters. The number of hydrogen-bond acceptors (Lipinski definition) is 7. The van der Waals surface area contributed by atoms with Crippen molar-refractivity contribution in [3.8, 4) is 28.8 Å². The van der Waals surface area contributed by atoms with E-state index in [1.54, 1.807) is 31.6 Å². The van der Waals surface area contributed by atoms with Crippen molar-refractivity contribution in [2.24, 2.45) is 0 Å². The fraction of sp³-hybridized carbons (Fsp3) is 0.0870. The van der Waals surface area contributed by atoms with E-state index in [0.29, 0.717) is 11.4 Å². The SMILES string of the molecule is COc1cc(Nc2nc3ncc(C#N)c(-c4ccccc4F)n3n2)ccc1-n1cnc(C)c1. The van der Waals surface area contributed by atoms with Gasteiger partial charge in [0.2, 0.25) is 5.95 Å². The molecule has 0 saturated heterocycles. The van der Waals surface area contributed by atoms with E-state index in [0.717, 1.165) is 11.4 Å². The Morgan fingerprint density at radius 2 is 2.00 bits per heavy atom. The molecule has 5 rings (SSSR count). The van der Waals surface area contributed by atoms with Gasteiger partial charge in [-0.2, -0.15) is 14.8 Å². The fourth-order valence-corrected chi connectivity index (χ4v) is 3.53. The number of aryl methyl sites for hydroxylation is 1. The lowest BCUT2D eigenvalue weighted by Crippen LogP contribution is -2.02. The molecule has 0 fully saturated rings. The molecular weight excluding hydrogens is 423 g/mol. The maximum Gasteiger partial charge on any atom is 0.254 e. The second-order valence-corrected chi connectivity index (χ2v) is 7.19. The molecule has 0 aliphatic carbocycles. The highest BCUT2D eigenvalue weighted by molar-refractivity contribution is 5.70. The molecule has 9 nitrogen and oxygen atoms in total. The zero-order chi connectivity index (χ0) is 22.9. The van der Waals surface area contributed by atoms with Crippen molar-refractivity contribution in [1.82, 2.24) is 29.1 Å². The Morgan fingerprint density at radius 1 is 1.15 bits per heavy atom. The van der Waals surface area contributed by atoms with Crippen LogP contribution in [0, 0.1) is 24.1 Å². The minimum absolute atomic E-state index is 0.186. The molecule has 0 spiro atoms. The number of fused-ring (bicyclic) bond motifs is 1. The highest BCUT2D eigenvalue weighted by Crippen LogP contribution is 2.29. The number of hydrogen-bond donors (Lipinski definition) is 1. The van der Waals surface area contributed by atoms with Crippen LogP contribution in [-0.2, 0) is 0 Å². The van der Waals surface area contributed by atoms with Crippen LogP contribution in [0.1, 0.15) is 11.3 Å². The average Bonchev–Trinajstić information content (AvgIpc) is 3.44. The number of aromatic nitrogens is 6. The summed E-state index contributed by atoms with van der Waals surface area (Å²) >= 11 is 0. The quantitative estimate of drug-likeness (QED) is 0.439. The van der Waals surface area contributed by atoms with Crippen LogP contribution < -0.4 is 10.1 Å². The van der Waals surface area contributed by atoms with E-state index < -0.39 is 5.82 Å². The summed E-state index contributed by atoms with van der Waals surface area (Å²) in [7, 11) is 1.59. The third kappa shape index (κ3) is 3.61. The molecule has 162 valence electrons. The number of benzene rings is 2. The van der Waals surface area contributed by atoms with Gasteiger partial charge in [-0.25, -0.2) is 14.4 Å². The zero-order valence-corrected chi connectivity index (χ0v) is 17.7. The smallest absolute Gasteiger partial charge is 0.254 e. The van der Waals surface area contributed by atoms with Gasteiger partial charge >= 0.3 is 0 Å². The van der Waals surface area contributed by atoms with Crippen molar-refractivity contribution < 1.29 is 9.13 Å². The first kappa shape index (κ1) is 20.1. The summed E-state index contributed by atoms with van der Waals surface area (Å²) in [6.45, 7) is 1.91. The molecule has 5 aromatic rings. The first-order valence-corrected chi connectivity index (χ1v) is 9.94. The minimum Gasteiger partial charge on any atom is -0.494 e. The van der Waals surface area contributed by atoms with Crippen molar-refractivity contribution in [2.75, 3.05) is 12.4 Å². The molecule has 10 heteroatoms. The fourth-order valence-electron chi connectivity index (χ4n) is 3.53. The lowest BCUT2D eigenvalue weighted by atomic mass is 10.1. The second-order valence-electron chi connectivity index (χ2n) is 7.19. The van der Waals surface area contributed by atoms with Gasteiger partial charge < -0.3 is 14.6 Å². The zero-order valence-electron chi connectivity index (χ0n) is 17.7. The molecular formula is C23H17FN8O. The van der Waals surface area contributed by atoms with E-state index in [1.807, 2.05) is 42.0 Å². The molecule has 0 radical (unpaired) electrons. The van der Waals surface area contributed by atoms with Crippen LogP contribution in [0.15, 0.2) is 61.2 Å². The Bertz CT molecular complexity index is 1530. The third-order valence-corrected chi connectivity index (χ3v) is 5.04. The molecule has 3 aromatic heterocycles. The lowest BCUT2D eigenvalue weighted by molar-refractivity contribution is 0.413. The lowest BCUT2D eigenvalue weighted by Gasteiger charge is -2.11. The van der Waals surface area contributed by atoms with Crippen LogP contribution in [0.4, 0.5) is 16.0 Å². The van der Waals surface area contributed by atoms with Crippen molar-refractivity contribution in [3.05, 3.63) is 78.3 Å². The molecule has 1 N–H and O–H groups in total. The highest BCUT2D eigenvalue weighted by atomic mass is 19.1. The number of anilines is 2. The van der Waals surface area contributed by atoms with E-state index in [1.165, 1.54) is 16.8 Å². The number of nitrogens with one attached hydrogen (secondary N) is 1. The first-order valence-electron chi connectivity index (χ1n) is 9.94. The first-order chi connectivity index (χ1) is 16.1. The predicted octanol–water partition coefficient (Wildman–Crippen LogP) is 4.05. The van der Waals surface area contributed by atoms with Crippen molar-refractivity contribution >= 4 is 17.4 Å².